The molecular weight excluding hydrogens is 322 g/mol. The lowest BCUT2D eigenvalue weighted by atomic mass is 10.2. The van der Waals surface area contributed by atoms with Gasteiger partial charge in [-0.1, -0.05) is 6.07 Å². The zero-order chi connectivity index (χ0) is 16.4. The lowest BCUT2D eigenvalue weighted by molar-refractivity contribution is -0.119. The van der Waals surface area contributed by atoms with Gasteiger partial charge in [0.25, 0.3) is 5.91 Å². The van der Waals surface area contributed by atoms with Gasteiger partial charge in [-0.15, -0.1) is 11.3 Å². The average Bonchev–Trinajstić information content (AvgIpc) is 3.20. The highest BCUT2D eigenvalue weighted by Crippen LogP contribution is 2.24. The van der Waals surface area contributed by atoms with E-state index in [0.717, 1.165) is 6.07 Å². The summed E-state index contributed by atoms with van der Waals surface area (Å²) in [6.45, 7) is 0.487. The minimum Gasteiger partial charge on any atom is -0.326 e. The molecule has 1 aromatic heterocycles. The summed E-state index contributed by atoms with van der Waals surface area (Å²) in [7, 11) is 0. The third-order valence-corrected chi connectivity index (χ3v) is 4.60. The lowest BCUT2D eigenvalue weighted by Gasteiger charge is -2.23. The molecule has 2 aromatic rings. The molecule has 0 saturated carbocycles. The van der Waals surface area contributed by atoms with Gasteiger partial charge in [0.2, 0.25) is 5.91 Å². The van der Waals surface area contributed by atoms with E-state index in [1.807, 2.05) is 0 Å². The summed E-state index contributed by atoms with van der Waals surface area (Å²) in [5.41, 5.74) is -0.0909. The molecular formula is C16H14F2N2O2S. The number of halogens is 2. The van der Waals surface area contributed by atoms with Crippen LogP contribution in [0.5, 0.6) is 0 Å². The van der Waals surface area contributed by atoms with Gasteiger partial charge in [-0.3, -0.25) is 9.59 Å². The van der Waals surface area contributed by atoms with E-state index < -0.39 is 23.6 Å². The molecule has 1 saturated heterocycles. The molecule has 23 heavy (non-hydrogen) atoms. The topological polar surface area (TPSA) is 49.4 Å². The molecule has 2 amide bonds. The number of rotatable bonds is 3. The third-order valence-electron chi connectivity index (χ3n) is 3.74. The maximum Gasteiger partial charge on any atom is 0.264 e. The Morgan fingerprint density at radius 3 is 2.78 bits per heavy atom. The summed E-state index contributed by atoms with van der Waals surface area (Å²) in [6.07, 6.45) is 1.23. The van der Waals surface area contributed by atoms with Crippen molar-refractivity contribution in [3.8, 4) is 0 Å². The van der Waals surface area contributed by atoms with Crippen LogP contribution >= 0.6 is 11.3 Å². The molecule has 0 aliphatic carbocycles. The summed E-state index contributed by atoms with van der Waals surface area (Å²) in [5, 5.41) is 4.24. The van der Waals surface area contributed by atoms with Crippen LogP contribution in [0.15, 0.2) is 35.7 Å². The molecule has 1 aliphatic heterocycles. The smallest absolute Gasteiger partial charge is 0.264 e. The predicted octanol–water partition coefficient (Wildman–Crippen LogP) is 3.27. The Morgan fingerprint density at radius 1 is 1.26 bits per heavy atom. The molecule has 1 aliphatic rings. The monoisotopic (exact) mass is 336 g/mol. The van der Waals surface area contributed by atoms with E-state index in [-0.39, 0.29) is 11.6 Å². The molecule has 0 bridgehead atoms. The molecule has 3 rings (SSSR count). The van der Waals surface area contributed by atoms with Gasteiger partial charge in [-0.25, -0.2) is 8.78 Å². The number of benzene rings is 1. The van der Waals surface area contributed by atoms with Gasteiger partial charge in [0.15, 0.2) is 0 Å². The minimum absolute atomic E-state index is 0.0909. The van der Waals surface area contributed by atoms with Crippen LogP contribution < -0.4 is 5.32 Å². The van der Waals surface area contributed by atoms with Crippen molar-refractivity contribution < 1.29 is 18.4 Å². The molecule has 1 N–H and O–H groups in total. The predicted molar refractivity (Wildman–Crippen MR) is 83.4 cm³/mol. The summed E-state index contributed by atoms with van der Waals surface area (Å²) < 4.78 is 26.5. The molecule has 120 valence electrons. The number of likely N-dealkylation sites (tertiary alicyclic amines) is 1. The first-order valence-electron chi connectivity index (χ1n) is 7.16. The van der Waals surface area contributed by atoms with E-state index in [9.17, 15) is 18.4 Å². The van der Waals surface area contributed by atoms with E-state index in [0.29, 0.717) is 30.3 Å². The number of nitrogens with one attached hydrogen (secondary N) is 1. The molecule has 1 atom stereocenters. The normalized spacial score (nSPS) is 17.3. The van der Waals surface area contributed by atoms with Crippen molar-refractivity contribution in [3.05, 3.63) is 52.2 Å². The largest absolute Gasteiger partial charge is 0.326 e. The van der Waals surface area contributed by atoms with E-state index in [1.165, 1.54) is 22.3 Å². The average molecular weight is 336 g/mol. The van der Waals surface area contributed by atoms with Crippen molar-refractivity contribution in [1.82, 2.24) is 4.90 Å². The van der Waals surface area contributed by atoms with Gasteiger partial charge < -0.3 is 10.2 Å². The summed E-state index contributed by atoms with van der Waals surface area (Å²) in [5.74, 6) is -2.21. The van der Waals surface area contributed by atoms with Crippen molar-refractivity contribution in [2.24, 2.45) is 0 Å². The minimum atomic E-state index is -0.840. The number of carbonyl (C=O) groups is 2. The summed E-state index contributed by atoms with van der Waals surface area (Å²) >= 11 is 1.32. The SMILES string of the molecule is O=C(Nc1ccc(F)cc1F)C1CCCN1C(=O)c1cccs1. The third kappa shape index (κ3) is 3.24. The van der Waals surface area contributed by atoms with Gasteiger partial charge in [0, 0.05) is 12.6 Å². The van der Waals surface area contributed by atoms with E-state index in [1.54, 1.807) is 17.5 Å². The lowest BCUT2D eigenvalue weighted by Crippen LogP contribution is -2.43. The quantitative estimate of drug-likeness (QED) is 0.935. The highest BCUT2D eigenvalue weighted by molar-refractivity contribution is 7.12. The fraction of sp³-hybridized carbons (Fsp3) is 0.250. The Hall–Kier alpha value is -2.28. The molecule has 0 radical (unpaired) electrons. The first-order chi connectivity index (χ1) is 11.1. The first-order valence-corrected chi connectivity index (χ1v) is 8.04. The van der Waals surface area contributed by atoms with Crippen LogP contribution in [0.25, 0.3) is 0 Å². The van der Waals surface area contributed by atoms with Crippen LogP contribution in [0, 0.1) is 11.6 Å². The van der Waals surface area contributed by atoms with Crippen LogP contribution in [0.1, 0.15) is 22.5 Å². The van der Waals surface area contributed by atoms with Crippen LogP contribution in [0.4, 0.5) is 14.5 Å². The van der Waals surface area contributed by atoms with E-state index in [2.05, 4.69) is 5.32 Å². The zero-order valence-corrected chi connectivity index (χ0v) is 12.9. The summed E-state index contributed by atoms with van der Waals surface area (Å²) in [6, 6.07) is 5.79. The van der Waals surface area contributed by atoms with E-state index >= 15 is 0 Å². The molecule has 2 heterocycles. The first kappa shape index (κ1) is 15.6. The van der Waals surface area contributed by atoms with Gasteiger partial charge >= 0.3 is 0 Å². The van der Waals surface area contributed by atoms with Gasteiger partial charge in [0.1, 0.15) is 17.7 Å². The molecule has 4 nitrogen and oxygen atoms in total. The van der Waals surface area contributed by atoms with Crippen molar-refractivity contribution >= 4 is 28.8 Å². The number of thiophene rings is 1. The molecule has 0 spiro atoms. The van der Waals surface area contributed by atoms with Gasteiger partial charge in [-0.2, -0.15) is 0 Å². The molecule has 7 heteroatoms. The zero-order valence-electron chi connectivity index (χ0n) is 12.1. The second kappa shape index (κ2) is 6.45. The maximum absolute atomic E-state index is 13.6. The highest BCUT2D eigenvalue weighted by atomic mass is 32.1. The van der Waals surface area contributed by atoms with E-state index in [4.69, 9.17) is 0 Å². The Balaban J connectivity index is 1.74. The van der Waals surface area contributed by atoms with Crippen LogP contribution in [0.2, 0.25) is 0 Å². The van der Waals surface area contributed by atoms with Crippen molar-refractivity contribution in [1.29, 1.82) is 0 Å². The number of hydrogen-bond donors (Lipinski definition) is 1. The van der Waals surface area contributed by atoms with Crippen LogP contribution in [-0.2, 0) is 4.79 Å². The summed E-state index contributed by atoms with van der Waals surface area (Å²) in [4.78, 5) is 26.9. The fourth-order valence-corrected chi connectivity index (χ4v) is 3.31. The van der Waals surface area contributed by atoms with Gasteiger partial charge in [0.05, 0.1) is 10.6 Å². The Kier molecular flexibility index (Phi) is 4.38. The number of carbonyl (C=O) groups excluding carboxylic acids is 2. The van der Waals surface area contributed by atoms with Crippen molar-refractivity contribution in [2.45, 2.75) is 18.9 Å². The number of hydrogen-bond acceptors (Lipinski definition) is 3. The number of amides is 2. The fourth-order valence-electron chi connectivity index (χ4n) is 2.63. The standard InChI is InChI=1S/C16H14F2N2O2S/c17-10-5-6-12(11(18)9-10)19-15(21)13-3-1-7-20(13)16(22)14-4-2-8-23-14/h2,4-6,8-9,13H,1,3,7H2,(H,19,21). The van der Waals surface area contributed by atoms with Gasteiger partial charge in [-0.05, 0) is 36.4 Å². The molecule has 1 unspecified atom stereocenters. The molecule has 1 aromatic carbocycles. The number of nitrogens with zero attached hydrogens (tertiary/aromatic N) is 1. The second-order valence-electron chi connectivity index (χ2n) is 5.25. The van der Waals surface area contributed by atoms with Crippen LogP contribution in [-0.4, -0.2) is 29.3 Å². The highest BCUT2D eigenvalue weighted by Gasteiger charge is 2.35. The molecule has 1 fully saturated rings. The Bertz CT molecular complexity index is 734. The Labute approximate surface area is 135 Å². The maximum atomic E-state index is 13.6. The number of anilines is 1. The van der Waals surface area contributed by atoms with Crippen molar-refractivity contribution in [3.63, 3.8) is 0 Å². The second-order valence-corrected chi connectivity index (χ2v) is 6.19. The Morgan fingerprint density at radius 2 is 2.09 bits per heavy atom. The van der Waals surface area contributed by atoms with Crippen molar-refractivity contribution in [2.75, 3.05) is 11.9 Å². The van der Waals surface area contributed by atoms with Crippen LogP contribution in [0.3, 0.4) is 0 Å².